The van der Waals surface area contributed by atoms with Gasteiger partial charge in [0.2, 0.25) is 5.91 Å². The highest BCUT2D eigenvalue weighted by Gasteiger charge is 2.09. The third-order valence-corrected chi connectivity index (χ3v) is 5.90. The van der Waals surface area contributed by atoms with Gasteiger partial charge in [-0.1, -0.05) is 41.4 Å². The molecule has 0 aliphatic heterocycles. The maximum Gasteiger partial charge on any atom is 0.231 e. The minimum Gasteiger partial charge on any atom is -0.326 e. The summed E-state index contributed by atoms with van der Waals surface area (Å²) < 4.78 is 0. The summed E-state index contributed by atoms with van der Waals surface area (Å²) in [5.74, 6) is 0.684. The predicted molar refractivity (Wildman–Crippen MR) is 107 cm³/mol. The van der Waals surface area contributed by atoms with E-state index < -0.39 is 0 Å². The van der Waals surface area contributed by atoms with Crippen LogP contribution in [0.3, 0.4) is 0 Å². The first-order valence-electron chi connectivity index (χ1n) is 7.77. The Morgan fingerprint density at radius 3 is 2.72 bits per heavy atom. The normalized spacial score (nSPS) is 10.6. The monoisotopic (exact) mass is 388 g/mol. The second kappa shape index (κ2) is 8.52. The maximum absolute atomic E-state index is 12.1. The van der Waals surface area contributed by atoms with E-state index in [1.165, 1.54) is 16.9 Å². The molecule has 0 unspecified atom stereocenters. The average Bonchev–Trinajstić information content (AvgIpc) is 3.03. The molecule has 0 aliphatic carbocycles. The average molecular weight is 389 g/mol. The number of nitrogens with zero attached hydrogens (tertiary/aromatic N) is 1. The van der Waals surface area contributed by atoms with E-state index >= 15 is 0 Å². The summed E-state index contributed by atoms with van der Waals surface area (Å²) in [5, 5.41) is 6.46. The molecule has 3 nitrogen and oxygen atoms in total. The van der Waals surface area contributed by atoms with Gasteiger partial charge in [-0.05, 0) is 31.2 Å². The van der Waals surface area contributed by atoms with Crippen molar-refractivity contribution in [3.63, 3.8) is 0 Å². The lowest BCUT2D eigenvalue weighted by atomic mass is 10.2. The van der Waals surface area contributed by atoms with Gasteiger partial charge in [-0.2, -0.15) is 0 Å². The Labute approximate surface area is 160 Å². The van der Waals surface area contributed by atoms with E-state index in [1.807, 2.05) is 60.8 Å². The van der Waals surface area contributed by atoms with Gasteiger partial charge in [0, 0.05) is 21.7 Å². The molecule has 1 N–H and O–H groups in total. The zero-order valence-corrected chi connectivity index (χ0v) is 16.0. The zero-order chi connectivity index (χ0) is 17.6. The molecule has 3 rings (SSSR count). The fourth-order valence-electron chi connectivity index (χ4n) is 2.19. The van der Waals surface area contributed by atoms with Crippen molar-refractivity contribution in [1.29, 1.82) is 0 Å². The van der Waals surface area contributed by atoms with E-state index in [4.69, 9.17) is 11.6 Å². The molecule has 3 aromatic rings. The fraction of sp³-hybridized carbons (Fsp3) is 0.158. The van der Waals surface area contributed by atoms with Crippen LogP contribution in [-0.2, 0) is 17.0 Å². The summed E-state index contributed by atoms with van der Waals surface area (Å²) in [6.07, 6.45) is 0.287. The molecule has 25 heavy (non-hydrogen) atoms. The fourth-order valence-corrected chi connectivity index (χ4v) is 4.22. The number of thioether (sulfide) groups is 1. The first kappa shape index (κ1) is 18.0. The molecule has 0 spiro atoms. The van der Waals surface area contributed by atoms with E-state index in [1.54, 1.807) is 11.8 Å². The molecular weight excluding hydrogens is 372 g/mol. The second-order valence-corrected chi connectivity index (χ2v) is 7.91. The number of amides is 1. The van der Waals surface area contributed by atoms with E-state index in [9.17, 15) is 4.79 Å². The van der Waals surface area contributed by atoms with Crippen molar-refractivity contribution in [3.05, 3.63) is 75.2 Å². The summed E-state index contributed by atoms with van der Waals surface area (Å²) >= 11 is 9.32. The molecule has 0 aliphatic rings. The number of rotatable bonds is 6. The van der Waals surface area contributed by atoms with Crippen molar-refractivity contribution in [2.45, 2.75) is 24.0 Å². The summed E-state index contributed by atoms with van der Waals surface area (Å²) in [5.41, 5.74) is 2.94. The van der Waals surface area contributed by atoms with Crippen molar-refractivity contribution < 1.29 is 4.79 Å². The number of halogens is 1. The number of carbonyl (C=O) groups excluding carboxylic acids is 1. The van der Waals surface area contributed by atoms with Crippen molar-refractivity contribution in [1.82, 2.24) is 4.98 Å². The number of carbonyl (C=O) groups is 1. The molecule has 0 radical (unpaired) electrons. The molecule has 0 saturated carbocycles. The van der Waals surface area contributed by atoms with Gasteiger partial charge in [0.25, 0.3) is 0 Å². The molecule has 0 fully saturated rings. The van der Waals surface area contributed by atoms with Crippen molar-refractivity contribution in [2.24, 2.45) is 0 Å². The zero-order valence-electron chi connectivity index (χ0n) is 13.7. The summed E-state index contributed by atoms with van der Waals surface area (Å²) in [6, 6.07) is 15.5. The summed E-state index contributed by atoms with van der Waals surface area (Å²) in [4.78, 5) is 17.7. The largest absolute Gasteiger partial charge is 0.326 e. The lowest BCUT2D eigenvalue weighted by molar-refractivity contribution is -0.115. The number of anilines is 1. The molecule has 1 heterocycles. The Balaban J connectivity index is 1.53. The molecule has 128 valence electrons. The first-order chi connectivity index (χ1) is 12.1. The molecule has 0 saturated heterocycles. The lowest BCUT2D eigenvalue weighted by Crippen LogP contribution is -2.14. The van der Waals surface area contributed by atoms with Crippen molar-refractivity contribution >= 4 is 46.3 Å². The number of aryl methyl sites for hydroxylation is 1. The van der Waals surface area contributed by atoms with E-state index in [-0.39, 0.29) is 12.3 Å². The SMILES string of the molecule is Cc1ccc(NC(=O)Cc2nc(CSc3ccccc3Cl)cs2)cc1. The predicted octanol–water partition coefficient (Wildman–Crippen LogP) is 5.58. The maximum atomic E-state index is 12.1. The van der Waals surface area contributed by atoms with Gasteiger partial charge >= 0.3 is 0 Å². The first-order valence-corrected chi connectivity index (χ1v) is 10.0. The van der Waals surface area contributed by atoms with Gasteiger partial charge < -0.3 is 5.32 Å². The smallest absolute Gasteiger partial charge is 0.231 e. The Kier molecular flexibility index (Phi) is 6.13. The van der Waals surface area contributed by atoms with Gasteiger partial charge in [-0.25, -0.2) is 4.98 Å². The molecule has 0 bridgehead atoms. The quantitative estimate of drug-likeness (QED) is 0.560. The number of benzene rings is 2. The molecule has 1 aromatic heterocycles. The summed E-state index contributed by atoms with van der Waals surface area (Å²) in [7, 11) is 0. The Morgan fingerprint density at radius 2 is 1.96 bits per heavy atom. The van der Waals surface area contributed by atoms with Crippen LogP contribution in [0.4, 0.5) is 5.69 Å². The number of nitrogens with one attached hydrogen (secondary N) is 1. The van der Waals surface area contributed by atoms with Crippen LogP contribution >= 0.6 is 34.7 Å². The van der Waals surface area contributed by atoms with Crippen LogP contribution in [0.2, 0.25) is 5.02 Å². The molecular formula is C19H17ClN2OS2. The standard InChI is InChI=1S/C19H17ClN2OS2/c1-13-6-8-14(9-7-13)21-18(23)10-19-22-15(12-25-19)11-24-17-5-3-2-4-16(17)20/h2-9,12H,10-11H2,1H3,(H,21,23). The number of hydrogen-bond acceptors (Lipinski definition) is 4. The van der Waals surface area contributed by atoms with Gasteiger partial charge in [0.1, 0.15) is 5.01 Å². The van der Waals surface area contributed by atoms with Crippen molar-refractivity contribution in [2.75, 3.05) is 5.32 Å². The van der Waals surface area contributed by atoms with Gasteiger partial charge in [-0.3, -0.25) is 4.79 Å². The third kappa shape index (κ3) is 5.33. The van der Waals surface area contributed by atoms with E-state index in [2.05, 4.69) is 10.3 Å². The number of hydrogen-bond donors (Lipinski definition) is 1. The minimum absolute atomic E-state index is 0.0523. The van der Waals surface area contributed by atoms with Crippen LogP contribution in [0, 0.1) is 6.92 Å². The topological polar surface area (TPSA) is 42.0 Å². The van der Waals surface area contributed by atoms with E-state index in [0.29, 0.717) is 0 Å². The van der Waals surface area contributed by atoms with Crippen LogP contribution in [0.15, 0.2) is 58.8 Å². The lowest BCUT2D eigenvalue weighted by Gasteiger charge is -2.04. The van der Waals surface area contributed by atoms with Crippen LogP contribution in [0.1, 0.15) is 16.3 Å². The second-order valence-electron chi connectivity index (χ2n) is 5.54. The highest BCUT2D eigenvalue weighted by Crippen LogP contribution is 2.29. The van der Waals surface area contributed by atoms with Gasteiger partial charge in [0.05, 0.1) is 17.1 Å². The highest BCUT2D eigenvalue weighted by atomic mass is 35.5. The van der Waals surface area contributed by atoms with Crippen LogP contribution in [0.25, 0.3) is 0 Å². The Hall–Kier alpha value is -1.82. The minimum atomic E-state index is -0.0523. The van der Waals surface area contributed by atoms with E-state index in [0.717, 1.165) is 32.1 Å². The Bertz CT molecular complexity index is 862. The summed E-state index contributed by atoms with van der Waals surface area (Å²) in [6.45, 7) is 2.02. The van der Waals surface area contributed by atoms with Gasteiger partial charge in [-0.15, -0.1) is 23.1 Å². The Morgan fingerprint density at radius 1 is 1.20 bits per heavy atom. The molecule has 6 heteroatoms. The van der Waals surface area contributed by atoms with Crippen LogP contribution < -0.4 is 5.32 Å². The molecule has 0 atom stereocenters. The van der Waals surface area contributed by atoms with Crippen molar-refractivity contribution in [3.8, 4) is 0 Å². The molecule has 2 aromatic carbocycles. The van der Waals surface area contributed by atoms with Gasteiger partial charge in [0.15, 0.2) is 0 Å². The van der Waals surface area contributed by atoms with Crippen LogP contribution in [0.5, 0.6) is 0 Å². The van der Waals surface area contributed by atoms with Crippen LogP contribution in [-0.4, -0.2) is 10.9 Å². The molecule has 1 amide bonds. The number of aromatic nitrogens is 1. The third-order valence-electron chi connectivity index (χ3n) is 3.46. The highest BCUT2D eigenvalue weighted by molar-refractivity contribution is 7.98. The number of thiazole rings is 1.